The zero-order chi connectivity index (χ0) is 13.0. The summed E-state index contributed by atoms with van der Waals surface area (Å²) in [5, 5.41) is 9.40. The molecule has 0 N–H and O–H groups in total. The minimum absolute atomic E-state index is 0.329. The Morgan fingerprint density at radius 3 is 2.33 bits per heavy atom. The van der Waals surface area contributed by atoms with Gasteiger partial charge in [-0.2, -0.15) is 5.26 Å². The largest absolute Gasteiger partial charge is 0.497 e. The lowest BCUT2D eigenvalue weighted by molar-refractivity contribution is 0.413. The van der Waals surface area contributed by atoms with Crippen LogP contribution in [0.25, 0.3) is 0 Å². The first-order valence-electron chi connectivity index (χ1n) is 5.25. The lowest BCUT2D eigenvalue weighted by atomic mass is 10.2. The van der Waals surface area contributed by atoms with Crippen molar-refractivity contribution in [2.45, 2.75) is 0 Å². The van der Waals surface area contributed by atoms with E-state index in [2.05, 4.69) is 0 Å². The summed E-state index contributed by atoms with van der Waals surface area (Å²) in [7, 11) is 1.60. The molecule has 0 saturated carbocycles. The van der Waals surface area contributed by atoms with Gasteiger partial charge in [0.1, 0.15) is 28.9 Å². The van der Waals surface area contributed by atoms with Crippen LogP contribution in [0, 0.1) is 11.3 Å². The van der Waals surface area contributed by atoms with Gasteiger partial charge in [-0.1, -0.05) is 17.7 Å². The van der Waals surface area contributed by atoms with Gasteiger partial charge in [-0.25, -0.2) is 0 Å². The van der Waals surface area contributed by atoms with Crippen molar-refractivity contribution in [3.05, 3.63) is 53.1 Å². The summed E-state index contributed by atoms with van der Waals surface area (Å²) in [4.78, 5) is 0. The van der Waals surface area contributed by atoms with Gasteiger partial charge in [0.15, 0.2) is 0 Å². The predicted molar refractivity (Wildman–Crippen MR) is 69.2 cm³/mol. The van der Waals surface area contributed by atoms with Gasteiger partial charge in [-0.15, -0.1) is 0 Å². The van der Waals surface area contributed by atoms with Crippen molar-refractivity contribution >= 4 is 11.6 Å². The average Bonchev–Trinajstić information content (AvgIpc) is 2.40. The molecular weight excluding hydrogens is 250 g/mol. The van der Waals surface area contributed by atoms with Gasteiger partial charge < -0.3 is 9.47 Å². The molecule has 90 valence electrons. The number of hydrogen-bond acceptors (Lipinski definition) is 3. The highest BCUT2D eigenvalue weighted by molar-refractivity contribution is 6.31. The summed E-state index contributed by atoms with van der Waals surface area (Å²) in [5.41, 5.74) is 0.329. The van der Waals surface area contributed by atoms with Crippen LogP contribution in [0.15, 0.2) is 42.5 Å². The first kappa shape index (κ1) is 12.3. The highest BCUT2D eigenvalue weighted by atomic mass is 35.5. The molecule has 0 atom stereocenters. The zero-order valence-electron chi connectivity index (χ0n) is 9.68. The third-order valence-electron chi connectivity index (χ3n) is 2.37. The monoisotopic (exact) mass is 259 g/mol. The number of rotatable bonds is 3. The molecule has 0 saturated heterocycles. The van der Waals surface area contributed by atoms with Crippen LogP contribution in [0.3, 0.4) is 0 Å². The van der Waals surface area contributed by atoms with E-state index in [0.717, 1.165) is 5.75 Å². The number of nitrogens with zero attached hydrogens (tertiary/aromatic N) is 1. The van der Waals surface area contributed by atoms with Crippen molar-refractivity contribution in [1.82, 2.24) is 0 Å². The quantitative estimate of drug-likeness (QED) is 0.836. The Labute approximate surface area is 110 Å². The molecule has 0 radical (unpaired) electrons. The van der Waals surface area contributed by atoms with Crippen molar-refractivity contribution in [2.75, 3.05) is 7.11 Å². The maximum Gasteiger partial charge on any atom is 0.146 e. The Morgan fingerprint density at radius 2 is 1.72 bits per heavy atom. The van der Waals surface area contributed by atoms with Crippen LogP contribution in [0.5, 0.6) is 17.2 Å². The van der Waals surface area contributed by atoms with E-state index in [1.807, 2.05) is 6.07 Å². The lowest BCUT2D eigenvalue weighted by Gasteiger charge is -2.08. The summed E-state index contributed by atoms with van der Waals surface area (Å²) in [5.74, 6) is 1.80. The minimum Gasteiger partial charge on any atom is -0.497 e. The Kier molecular flexibility index (Phi) is 3.71. The maximum absolute atomic E-state index is 9.03. The van der Waals surface area contributed by atoms with Crippen molar-refractivity contribution in [2.24, 2.45) is 0 Å². The third kappa shape index (κ3) is 2.55. The van der Waals surface area contributed by atoms with E-state index in [0.29, 0.717) is 22.1 Å². The molecule has 2 aromatic rings. The van der Waals surface area contributed by atoms with Gasteiger partial charge in [0.2, 0.25) is 0 Å². The van der Waals surface area contributed by atoms with E-state index in [9.17, 15) is 0 Å². The second-order valence-electron chi connectivity index (χ2n) is 3.50. The van der Waals surface area contributed by atoms with Crippen molar-refractivity contribution < 1.29 is 9.47 Å². The normalized spacial score (nSPS) is 9.61. The summed E-state index contributed by atoms with van der Waals surface area (Å²) in [6.45, 7) is 0. The maximum atomic E-state index is 9.03. The SMILES string of the molecule is COc1ccc(Oc2cccc(Cl)c2C#N)cc1. The fraction of sp³-hybridized carbons (Fsp3) is 0.0714. The fourth-order valence-electron chi connectivity index (χ4n) is 1.47. The molecule has 0 heterocycles. The molecule has 18 heavy (non-hydrogen) atoms. The van der Waals surface area contributed by atoms with Gasteiger partial charge in [0, 0.05) is 0 Å². The molecule has 0 bridgehead atoms. The number of halogens is 1. The summed E-state index contributed by atoms with van der Waals surface area (Å²) in [6, 6.07) is 14.2. The molecule has 0 spiro atoms. The Balaban J connectivity index is 2.28. The Hall–Kier alpha value is -2.18. The molecule has 3 nitrogen and oxygen atoms in total. The molecule has 2 aromatic carbocycles. The average molecular weight is 260 g/mol. The van der Waals surface area contributed by atoms with Crippen LogP contribution in [-0.2, 0) is 0 Å². The highest BCUT2D eigenvalue weighted by Gasteiger charge is 2.08. The van der Waals surface area contributed by atoms with Gasteiger partial charge in [-0.3, -0.25) is 0 Å². The van der Waals surface area contributed by atoms with Crippen molar-refractivity contribution in [3.8, 4) is 23.3 Å². The number of hydrogen-bond donors (Lipinski definition) is 0. The summed E-state index contributed by atoms with van der Waals surface area (Å²) < 4.78 is 10.7. The topological polar surface area (TPSA) is 42.2 Å². The number of benzene rings is 2. The van der Waals surface area contributed by atoms with E-state index < -0.39 is 0 Å². The molecule has 0 unspecified atom stereocenters. The highest BCUT2D eigenvalue weighted by Crippen LogP contribution is 2.30. The van der Waals surface area contributed by atoms with E-state index in [4.69, 9.17) is 26.3 Å². The van der Waals surface area contributed by atoms with Gasteiger partial charge in [0.05, 0.1) is 12.1 Å². The fourth-order valence-corrected chi connectivity index (χ4v) is 1.68. The van der Waals surface area contributed by atoms with Crippen LogP contribution in [0.2, 0.25) is 5.02 Å². The standard InChI is InChI=1S/C14H10ClNO2/c1-17-10-5-7-11(8-6-10)18-14-4-2-3-13(15)12(14)9-16/h2-8H,1H3. The minimum atomic E-state index is 0.329. The molecule has 2 rings (SSSR count). The van der Waals surface area contributed by atoms with E-state index >= 15 is 0 Å². The third-order valence-corrected chi connectivity index (χ3v) is 2.69. The molecule has 4 heteroatoms. The molecule has 0 aromatic heterocycles. The predicted octanol–water partition coefficient (Wildman–Crippen LogP) is 4.01. The number of ether oxygens (including phenoxy) is 2. The van der Waals surface area contributed by atoms with Gasteiger partial charge >= 0.3 is 0 Å². The van der Waals surface area contributed by atoms with Gasteiger partial charge in [-0.05, 0) is 36.4 Å². The number of methoxy groups -OCH3 is 1. The van der Waals surface area contributed by atoms with Crippen LogP contribution < -0.4 is 9.47 Å². The second kappa shape index (κ2) is 5.44. The van der Waals surface area contributed by atoms with E-state index in [-0.39, 0.29) is 0 Å². The van der Waals surface area contributed by atoms with Crippen LogP contribution in [0.4, 0.5) is 0 Å². The molecule has 0 aliphatic rings. The van der Waals surface area contributed by atoms with Crippen molar-refractivity contribution in [1.29, 1.82) is 5.26 Å². The molecular formula is C14H10ClNO2. The first-order chi connectivity index (χ1) is 8.74. The first-order valence-corrected chi connectivity index (χ1v) is 5.63. The van der Waals surface area contributed by atoms with E-state index in [1.165, 1.54) is 0 Å². The smallest absolute Gasteiger partial charge is 0.146 e. The van der Waals surface area contributed by atoms with Crippen LogP contribution >= 0.6 is 11.6 Å². The van der Waals surface area contributed by atoms with Crippen molar-refractivity contribution in [3.63, 3.8) is 0 Å². The van der Waals surface area contributed by atoms with E-state index in [1.54, 1.807) is 49.6 Å². The molecule has 0 aliphatic heterocycles. The number of nitriles is 1. The van der Waals surface area contributed by atoms with Crippen LogP contribution in [-0.4, -0.2) is 7.11 Å². The molecule has 0 aliphatic carbocycles. The Morgan fingerprint density at radius 1 is 1.06 bits per heavy atom. The molecule has 0 fully saturated rings. The van der Waals surface area contributed by atoms with Crippen LogP contribution in [0.1, 0.15) is 5.56 Å². The molecule has 0 amide bonds. The summed E-state index contributed by atoms with van der Waals surface area (Å²) in [6.07, 6.45) is 0. The second-order valence-corrected chi connectivity index (χ2v) is 3.91. The zero-order valence-corrected chi connectivity index (χ0v) is 10.4. The summed E-state index contributed by atoms with van der Waals surface area (Å²) >= 11 is 5.92. The lowest BCUT2D eigenvalue weighted by Crippen LogP contribution is -1.89. The Bertz CT molecular complexity index is 588. The van der Waals surface area contributed by atoms with Gasteiger partial charge in [0.25, 0.3) is 0 Å².